The normalized spacial score (nSPS) is 20.0. The Morgan fingerprint density at radius 3 is 2.35 bits per heavy atom. The topological polar surface area (TPSA) is 49.4 Å². The number of amides is 3. The van der Waals surface area contributed by atoms with E-state index in [0.717, 1.165) is 29.2 Å². The molecule has 4 nitrogen and oxygen atoms in total. The van der Waals surface area contributed by atoms with Gasteiger partial charge in [-0.15, -0.1) is 0 Å². The van der Waals surface area contributed by atoms with Crippen LogP contribution in [0.1, 0.15) is 18.9 Å². The largest absolute Gasteiger partial charge is 0.416 e. The highest BCUT2D eigenvalue weighted by Gasteiger charge is 2.35. The van der Waals surface area contributed by atoms with Crippen molar-refractivity contribution >= 4 is 17.6 Å². The molecule has 20 heavy (non-hydrogen) atoms. The summed E-state index contributed by atoms with van der Waals surface area (Å²) in [6, 6.07) is 3.34. The number of alkyl halides is 3. The van der Waals surface area contributed by atoms with Crippen LogP contribution in [0.15, 0.2) is 24.3 Å². The van der Waals surface area contributed by atoms with Gasteiger partial charge in [0.2, 0.25) is 5.91 Å². The van der Waals surface area contributed by atoms with Gasteiger partial charge in [-0.2, -0.15) is 13.2 Å². The number of nitrogens with one attached hydrogen (secondary N) is 1. The molecule has 0 aromatic heterocycles. The number of nitrogens with zero attached hydrogens (tertiary/aromatic N) is 1. The van der Waals surface area contributed by atoms with E-state index >= 15 is 0 Å². The Morgan fingerprint density at radius 1 is 1.25 bits per heavy atom. The predicted molar refractivity (Wildman–Crippen MR) is 66.1 cm³/mol. The highest BCUT2D eigenvalue weighted by Crippen LogP contribution is 2.31. The number of urea groups is 1. The fourth-order valence-corrected chi connectivity index (χ4v) is 2.02. The van der Waals surface area contributed by atoms with Crippen LogP contribution in [0.2, 0.25) is 0 Å². The molecule has 1 unspecified atom stereocenters. The van der Waals surface area contributed by atoms with Crippen molar-refractivity contribution in [1.82, 2.24) is 5.32 Å². The van der Waals surface area contributed by atoms with Gasteiger partial charge in [0.1, 0.15) is 0 Å². The molecule has 2 rings (SSSR count). The first-order chi connectivity index (χ1) is 9.34. The molecule has 108 valence electrons. The van der Waals surface area contributed by atoms with Gasteiger partial charge in [0.05, 0.1) is 17.2 Å². The van der Waals surface area contributed by atoms with Gasteiger partial charge >= 0.3 is 12.2 Å². The van der Waals surface area contributed by atoms with Crippen LogP contribution in [0.4, 0.5) is 23.7 Å². The Kier molecular flexibility index (Phi) is 3.69. The summed E-state index contributed by atoms with van der Waals surface area (Å²) in [5.41, 5.74) is -0.684. The molecule has 1 aliphatic rings. The quantitative estimate of drug-likeness (QED) is 0.908. The Morgan fingerprint density at radius 2 is 1.85 bits per heavy atom. The number of benzene rings is 1. The zero-order chi connectivity index (χ0) is 14.9. The summed E-state index contributed by atoms with van der Waals surface area (Å²) in [5.74, 6) is -0.744. The molecular formula is C13H13F3N2O2. The maximum atomic E-state index is 12.5. The van der Waals surface area contributed by atoms with Crippen molar-refractivity contribution in [1.29, 1.82) is 0 Å². The van der Waals surface area contributed by atoms with E-state index < -0.39 is 23.7 Å². The maximum absolute atomic E-state index is 12.5. The third-order valence-corrected chi connectivity index (χ3v) is 3.22. The lowest BCUT2D eigenvalue weighted by Gasteiger charge is -2.30. The first kappa shape index (κ1) is 14.4. The van der Waals surface area contributed by atoms with E-state index in [4.69, 9.17) is 0 Å². The molecule has 0 spiro atoms. The maximum Gasteiger partial charge on any atom is 0.416 e. The molecule has 1 heterocycles. The van der Waals surface area contributed by atoms with Crippen LogP contribution in [0.3, 0.4) is 0 Å². The lowest BCUT2D eigenvalue weighted by Crippen LogP contribution is -2.55. The van der Waals surface area contributed by atoms with Crippen molar-refractivity contribution < 1.29 is 22.8 Å². The molecule has 3 amide bonds. The summed E-state index contributed by atoms with van der Waals surface area (Å²) in [5, 5.41) is 2.55. The van der Waals surface area contributed by atoms with Gasteiger partial charge in [-0.05, 0) is 30.7 Å². The number of carbonyl (C=O) groups excluding carboxylic acids is 2. The smallest absolute Gasteiger partial charge is 0.337 e. The van der Waals surface area contributed by atoms with Gasteiger partial charge < -0.3 is 5.32 Å². The third kappa shape index (κ3) is 2.61. The van der Waals surface area contributed by atoms with Crippen molar-refractivity contribution in [3.8, 4) is 0 Å². The van der Waals surface area contributed by atoms with Gasteiger partial charge in [0.15, 0.2) is 0 Å². The summed E-state index contributed by atoms with van der Waals surface area (Å²) in [7, 11) is 0. The summed E-state index contributed by atoms with van der Waals surface area (Å²) < 4.78 is 37.4. The average Bonchev–Trinajstić information content (AvgIpc) is 2.38. The molecule has 0 aliphatic carbocycles. The summed E-state index contributed by atoms with van der Waals surface area (Å²) in [4.78, 5) is 24.7. The number of hydrogen-bond acceptors (Lipinski definition) is 2. The van der Waals surface area contributed by atoms with Crippen LogP contribution >= 0.6 is 0 Å². The van der Waals surface area contributed by atoms with E-state index in [-0.39, 0.29) is 18.2 Å². The molecule has 7 heteroatoms. The average molecular weight is 286 g/mol. The Bertz CT molecular complexity index is 525. The number of rotatable bonds is 2. The second kappa shape index (κ2) is 5.15. The van der Waals surface area contributed by atoms with E-state index in [1.54, 1.807) is 0 Å². The van der Waals surface area contributed by atoms with Crippen LogP contribution in [0, 0.1) is 5.92 Å². The monoisotopic (exact) mass is 286 g/mol. The minimum Gasteiger partial charge on any atom is -0.337 e. The van der Waals surface area contributed by atoms with Gasteiger partial charge in [-0.3, -0.25) is 4.79 Å². The van der Waals surface area contributed by atoms with E-state index in [1.807, 2.05) is 6.92 Å². The number of carbonyl (C=O) groups is 2. The van der Waals surface area contributed by atoms with Crippen molar-refractivity contribution in [2.45, 2.75) is 19.5 Å². The number of imide groups is 1. The first-order valence-corrected chi connectivity index (χ1v) is 6.13. The van der Waals surface area contributed by atoms with Crippen molar-refractivity contribution in [2.24, 2.45) is 5.92 Å². The zero-order valence-corrected chi connectivity index (χ0v) is 10.7. The second-order valence-electron chi connectivity index (χ2n) is 4.51. The number of halogens is 3. The summed E-state index contributed by atoms with van der Waals surface area (Å²) in [6.07, 6.45) is -3.89. The van der Waals surface area contributed by atoms with E-state index in [9.17, 15) is 22.8 Å². The molecule has 1 atom stereocenters. The zero-order valence-electron chi connectivity index (χ0n) is 10.7. The molecule has 1 aliphatic heterocycles. The first-order valence-electron chi connectivity index (χ1n) is 6.13. The molecular weight excluding hydrogens is 273 g/mol. The van der Waals surface area contributed by atoms with E-state index in [2.05, 4.69) is 5.32 Å². The van der Waals surface area contributed by atoms with Crippen LogP contribution in [-0.2, 0) is 11.0 Å². The molecule has 1 fully saturated rings. The Hall–Kier alpha value is -2.05. The highest BCUT2D eigenvalue weighted by atomic mass is 19.4. The second-order valence-corrected chi connectivity index (χ2v) is 4.51. The van der Waals surface area contributed by atoms with Gasteiger partial charge in [0, 0.05) is 6.54 Å². The van der Waals surface area contributed by atoms with Crippen LogP contribution in [-0.4, -0.2) is 18.5 Å². The van der Waals surface area contributed by atoms with Crippen LogP contribution in [0.5, 0.6) is 0 Å². The lowest BCUT2D eigenvalue weighted by molar-refractivity contribution is -0.137. The van der Waals surface area contributed by atoms with Crippen LogP contribution < -0.4 is 10.2 Å². The standard InChI is InChI=1S/C13H13F3N2O2/c1-2-8-7-17-12(20)18(11(8)19)10-5-3-9(4-6-10)13(14,15)16/h3-6,8H,2,7H2,1H3,(H,17,20). The van der Waals surface area contributed by atoms with Crippen molar-refractivity contribution in [3.63, 3.8) is 0 Å². The SMILES string of the molecule is CCC1CNC(=O)N(c2ccc(C(F)(F)F)cc2)C1=O. The molecule has 0 bridgehead atoms. The summed E-state index contributed by atoms with van der Waals surface area (Å²) in [6.45, 7) is 2.07. The van der Waals surface area contributed by atoms with Gasteiger partial charge in [0.25, 0.3) is 0 Å². The van der Waals surface area contributed by atoms with Gasteiger partial charge in [-0.25, -0.2) is 9.69 Å². The van der Waals surface area contributed by atoms with Crippen molar-refractivity contribution in [3.05, 3.63) is 29.8 Å². The molecule has 1 N–H and O–H groups in total. The van der Waals surface area contributed by atoms with Crippen LogP contribution in [0.25, 0.3) is 0 Å². The van der Waals surface area contributed by atoms with Gasteiger partial charge in [-0.1, -0.05) is 6.92 Å². The minimum absolute atomic E-state index is 0.138. The molecule has 1 aromatic carbocycles. The Balaban J connectivity index is 2.30. The van der Waals surface area contributed by atoms with E-state index in [1.165, 1.54) is 0 Å². The number of anilines is 1. The van der Waals surface area contributed by atoms with E-state index in [0.29, 0.717) is 6.42 Å². The van der Waals surface area contributed by atoms with Crippen molar-refractivity contribution in [2.75, 3.05) is 11.4 Å². The predicted octanol–water partition coefficient (Wildman–Crippen LogP) is 2.79. The number of hydrogen-bond donors (Lipinski definition) is 1. The molecule has 0 radical (unpaired) electrons. The molecule has 0 saturated carbocycles. The minimum atomic E-state index is -4.45. The molecule has 1 saturated heterocycles. The lowest BCUT2D eigenvalue weighted by atomic mass is 10.0. The highest BCUT2D eigenvalue weighted by molar-refractivity contribution is 6.16. The Labute approximate surface area is 113 Å². The summed E-state index contributed by atoms with van der Waals surface area (Å²) >= 11 is 0. The fraction of sp³-hybridized carbons (Fsp3) is 0.385. The molecule has 1 aromatic rings. The third-order valence-electron chi connectivity index (χ3n) is 3.22. The fourth-order valence-electron chi connectivity index (χ4n) is 2.02.